The van der Waals surface area contributed by atoms with E-state index >= 15 is 0 Å². The molecule has 2 nitrogen and oxygen atoms in total. The van der Waals surface area contributed by atoms with Gasteiger partial charge in [-0.25, -0.2) is 4.68 Å². The van der Waals surface area contributed by atoms with Crippen LogP contribution in [0.4, 0.5) is 0 Å². The zero-order valence-corrected chi connectivity index (χ0v) is 14.1. The van der Waals surface area contributed by atoms with Crippen molar-refractivity contribution in [2.75, 3.05) is 0 Å². The zero-order chi connectivity index (χ0) is 15.0. The van der Waals surface area contributed by atoms with Gasteiger partial charge in [0.2, 0.25) is 0 Å². The normalized spacial score (nSPS) is 11.4. The molecule has 0 spiro atoms. The van der Waals surface area contributed by atoms with Gasteiger partial charge < -0.3 is 0 Å². The molecule has 0 bridgehead atoms. The molecule has 0 radical (unpaired) electrons. The number of hydrogen-bond donors (Lipinski definition) is 0. The molecule has 1 heterocycles. The summed E-state index contributed by atoms with van der Waals surface area (Å²) in [6.07, 6.45) is 0. The molecular weight excluding hydrogens is 291 g/mol. The molecule has 1 aromatic carbocycles. The van der Waals surface area contributed by atoms with E-state index in [0.29, 0.717) is 17.0 Å². The predicted molar refractivity (Wildman–Crippen MR) is 86.4 cm³/mol. The van der Waals surface area contributed by atoms with Crippen LogP contribution in [0, 0.1) is 20.8 Å². The number of aryl methyl sites for hydroxylation is 3. The van der Waals surface area contributed by atoms with Crippen LogP contribution in [-0.4, -0.2) is 9.78 Å². The maximum atomic E-state index is 6.51. The fourth-order valence-corrected chi connectivity index (χ4v) is 3.31. The Morgan fingerprint density at radius 3 is 2.10 bits per heavy atom. The molecule has 0 amide bonds. The summed E-state index contributed by atoms with van der Waals surface area (Å²) < 4.78 is 1.83. The van der Waals surface area contributed by atoms with Gasteiger partial charge in [0, 0.05) is 5.56 Å². The van der Waals surface area contributed by atoms with Crippen molar-refractivity contribution in [2.45, 2.75) is 46.4 Å². The number of halogens is 2. The third-order valence-electron chi connectivity index (χ3n) is 3.48. The van der Waals surface area contributed by atoms with Crippen molar-refractivity contribution >= 4 is 23.2 Å². The summed E-state index contributed by atoms with van der Waals surface area (Å²) in [5.41, 5.74) is 6.55. The molecule has 4 heteroatoms. The molecule has 0 saturated heterocycles. The number of aromatic nitrogens is 2. The minimum absolute atomic E-state index is 0.300. The molecule has 0 fully saturated rings. The Morgan fingerprint density at radius 1 is 1.15 bits per heavy atom. The standard InChI is InChI=1S/C16H20Cl2N2/c1-9(2)14-13(8-17)16(18)20(19-14)15-11(4)6-10(3)7-12(15)5/h6-7,9H,8H2,1-5H3. The minimum atomic E-state index is 0.300. The second kappa shape index (κ2) is 5.79. The van der Waals surface area contributed by atoms with Crippen LogP contribution in [0.3, 0.4) is 0 Å². The molecule has 20 heavy (non-hydrogen) atoms. The van der Waals surface area contributed by atoms with E-state index in [-0.39, 0.29) is 0 Å². The van der Waals surface area contributed by atoms with Crippen LogP contribution in [-0.2, 0) is 5.88 Å². The van der Waals surface area contributed by atoms with E-state index in [1.807, 2.05) is 4.68 Å². The zero-order valence-electron chi connectivity index (χ0n) is 12.6. The van der Waals surface area contributed by atoms with Gasteiger partial charge in [0.15, 0.2) is 0 Å². The summed E-state index contributed by atoms with van der Waals surface area (Å²) in [7, 11) is 0. The molecule has 0 aliphatic carbocycles. The Kier molecular flexibility index (Phi) is 4.46. The summed E-state index contributed by atoms with van der Waals surface area (Å²) in [4.78, 5) is 0. The van der Waals surface area contributed by atoms with Crippen LogP contribution in [0.5, 0.6) is 0 Å². The maximum absolute atomic E-state index is 6.51. The topological polar surface area (TPSA) is 17.8 Å². The molecule has 0 N–H and O–H groups in total. The summed E-state index contributed by atoms with van der Waals surface area (Å²) >= 11 is 12.6. The third-order valence-corrected chi connectivity index (χ3v) is 4.14. The van der Waals surface area contributed by atoms with Gasteiger partial charge in [-0.15, -0.1) is 11.6 Å². The Bertz CT molecular complexity index is 619. The van der Waals surface area contributed by atoms with E-state index in [1.54, 1.807) is 0 Å². The molecule has 2 aromatic rings. The molecular formula is C16H20Cl2N2. The van der Waals surface area contributed by atoms with Crippen LogP contribution < -0.4 is 0 Å². The molecule has 108 valence electrons. The van der Waals surface area contributed by atoms with Crippen molar-refractivity contribution in [1.29, 1.82) is 0 Å². The lowest BCUT2D eigenvalue weighted by Gasteiger charge is -2.12. The Labute approximate surface area is 130 Å². The van der Waals surface area contributed by atoms with Crippen molar-refractivity contribution in [1.82, 2.24) is 9.78 Å². The quantitative estimate of drug-likeness (QED) is 0.702. The van der Waals surface area contributed by atoms with Crippen molar-refractivity contribution in [3.8, 4) is 5.69 Å². The molecule has 0 atom stereocenters. The lowest BCUT2D eigenvalue weighted by Crippen LogP contribution is -2.03. The van der Waals surface area contributed by atoms with Gasteiger partial charge >= 0.3 is 0 Å². The SMILES string of the molecule is Cc1cc(C)c(-n2nc(C(C)C)c(CCl)c2Cl)c(C)c1. The van der Waals surface area contributed by atoms with Gasteiger partial charge in [0.25, 0.3) is 0 Å². The third kappa shape index (κ3) is 2.59. The number of nitrogens with zero attached hydrogens (tertiary/aromatic N) is 2. The first-order chi connectivity index (χ1) is 9.36. The molecule has 0 saturated carbocycles. The van der Waals surface area contributed by atoms with E-state index < -0.39 is 0 Å². The highest BCUT2D eigenvalue weighted by Crippen LogP contribution is 2.32. The summed E-state index contributed by atoms with van der Waals surface area (Å²) in [6, 6.07) is 4.30. The van der Waals surface area contributed by atoms with Crippen LogP contribution in [0.15, 0.2) is 12.1 Å². The smallest absolute Gasteiger partial charge is 0.137 e. The van der Waals surface area contributed by atoms with Gasteiger partial charge in [-0.1, -0.05) is 43.1 Å². The van der Waals surface area contributed by atoms with E-state index in [9.17, 15) is 0 Å². The molecule has 0 aliphatic rings. The molecule has 0 aliphatic heterocycles. The van der Waals surface area contributed by atoms with Crippen molar-refractivity contribution in [3.63, 3.8) is 0 Å². The molecule has 1 aromatic heterocycles. The lowest BCUT2D eigenvalue weighted by atomic mass is 10.1. The van der Waals surface area contributed by atoms with E-state index in [4.69, 9.17) is 28.3 Å². The number of alkyl halides is 1. The van der Waals surface area contributed by atoms with Gasteiger partial charge in [0.05, 0.1) is 17.3 Å². The highest BCUT2D eigenvalue weighted by Gasteiger charge is 2.20. The summed E-state index contributed by atoms with van der Waals surface area (Å²) in [5, 5.41) is 5.33. The van der Waals surface area contributed by atoms with Crippen LogP contribution in [0.2, 0.25) is 5.15 Å². The van der Waals surface area contributed by atoms with Crippen LogP contribution in [0.25, 0.3) is 5.69 Å². The maximum Gasteiger partial charge on any atom is 0.137 e. The molecule has 0 unspecified atom stereocenters. The first-order valence-corrected chi connectivity index (χ1v) is 7.69. The predicted octanol–water partition coefficient (Wildman–Crippen LogP) is 5.31. The van der Waals surface area contributed by atoms with Gasteiger partial charge in [-0.2, -0.15) is 5.10 Å². The highest BCUT2D eigenvalue weighted by atomic mass is 35.5. The number of hydrogen-bond acceptors (Lipinski definition) is 1. The van der Waals surface area contributed by atoms with Gasteiger partial charge in [0.1, 0.15) is 5.15 Å². The summed E-state index contributed by atoms with van der Waals surface area (Å²) in [6.45, 7) is 10.5. The Hall–Kier alpha value is -0.990. The Morgan fingerprint density at radius 2 is 1.70 bits per heavy atom. The average Bonchev–Trinajstić information content (AvgIpc) is 2.65. The van der Waals surface area contributed by atoms with Crippen molar-refractivity contribution in [2.24, 2.45) is 0 Å². The number of rotatable bonds is 3. The largest absolute Gasteiger partial charge is 0.221 e. The first kappa shape index (κ1) is 15.4. The van der Waals surface area contributed by atoms with Gasteiger partial charge in [-0.3, -0.25) is 0 Å². The monoisotopic (exact) mass is 310 g/mol. The highest BCUT2D eigenvalue weighted by molar-refractivity contribution is 6.31. The minimum Gasteiger partial charge on any atom is -0.221 e. The van der Waals surface area contributed by atoms with E-state index in [1.165, 1.54) is 16.7 Å². The second-order valence-corrected chi connectivity index (χ2v) is 6.23. The van der Waals surface area contributed by atoms with Crippen molar-refractivity contribution < 1.29 is 0 Å². The van der Waals surface area contributed by atoms with Crippen LogP contribution >= 0.6 is 23.2 Å². The lowest BCUT2D eigenvalue weighted by molar-refractivity contribution is 0.761. The first-order valence-electron chi connectivity index (χ1n) is 6.78. The van der Waals surface area contributed by atoms with Crippen LogP contribution in [0.1, 0.15) is 47.7 Å². The summed E-state index contributed by atoms with van der Waals surface area (Å²) in [5.74, 6) is 0.685. The van der Waals surface area contributed by atoms with Gasteiger partial charge in [-0.05, 0) is 37.8 Å². The molecule has 2 rings (SSSR count). The van der Waals surface area contributed by atoms with E-state index in [0.717, 1.165) is 16.9 Å². The second-order valence-electron chi connectivity index (χ2n) is 5.60. The number of benzene rings is 1. The fraction of sp³-hybridized carbons (Fsp3) is 0.438. The van der Waals surface area contributed by atoms with E-state index in [2.05, 4.69) is 46.8 Å². The van der Waals surface area contributed by atoms with Crippen molar-refractivity contribution in [3.05, 3.63) is 45.2 Å². The Balaban J connectivity index is 2.71. The fourth-order valence-electron chi connectivity index (χ4n) is 2.69. The average molecular weight is 311 g/mol.